The molecule has 2 atom stereocenters. The van der Waals surface area contributed by atoms with Gasteiger partial charge in [-0.15, -0.1) is 0 Å². The summed E-state index contributed by atoms with van der Waals surface area (Å²) in [5, 5.41) is 11.6. The highest BCUT2D eigenvalue weighted by atomic mass is 16.2. The van der Waals surface area contributed by atoms with Crippen LogP contribution in [-0.2, 0) is 0 Å². The van der Waals surface area contributed by atoms with E-state index < -0.39 is 0 Å². The minimum absolute atomic E-state index is 0.344. The first-order valence-electron chi connectivity index (χ1n) is 8.58. The molecule has 1 saturated carbocycles. The van der Waals surface area contributed by atoms with Gasteiger partial charge in [-0.25, -0.2) is 0 Å². The summed E-state index contributed by atoms with van der Waals surface area (Å²) < 4.78 is 0. The fourth-order valence-corrected chi connectivity index (χ4v) is 2.91. The van der Waals surface area contributed by atoms with Gasteiger partial charge >= 0.3 is 0 Å². The van der Waals surface area contributed by atoms with Gasteiger partial charge < -0.3 is 10.4 Å². The third kappa shape index (κ3) is 10.4. The molecule has 0 aromatic heterocycles. The first-order valence-corrected chi connectivity index (χ1v) is 8.58. The second kappa shape index (κ2) is 14.3. The molecule has 0 saturated heterocycles. The molecule has 1 aliphatic rings. The van der Waals surface area contributed by atoms with Crippen molar-refractivity contribution in [3.05, 3.63) is 0 Å². The molecule has 2 unspecified atom stereocenters. The molecule has 0 aliphatic heterocycles. The van der Waals surface area contributed by atoms with E-state index in [0.29, 0.717) is 6.61 Å². The molecule has 1 fully saturated rings. The van der Waals surface area contributed by atoms with Crippen LogP contribution in [0.25, 0.3) is 0 Å². The van der Waals surface area contributed by atoms with Crippen LogP contribution in [0.4, 0.5) is 0 Å². The van der Waals surface area contributed by atoms with Gasteiger partial charge in [0.05, 0.1) is 0 Å². The Bertz CT molecular complexity index is 169. The molecule has 0 radical (unpaired) electrons. The summed E-state index contributed by atoms with van der Waals surface area (Å²) in [5.74, 6) is 0.959. The molecular weight excluding hydrogens is 234 g/mol. The summed E-state index contributed by atoms with van der Waals surface area (Å²) in [6.07, 6.45) is 15.0. The van der Waals surface area contributed by atoms with Crippen LogP contribution >= 0.6 is 0 Å². The van der Waals surface area contributed by atoms with E-state index in [2.05, 4.69) is 26.2 Å². The lowest BCUT2D eigenvalue weighted by Crippen LogP contribution is -2.34. The lowest BCUT2D eigenvalue weighted by Gasteiger charge is -2.29. The van der Waals surface area contributed by atoms with Gasteiger partial charge in [0.2, 0.25) is 0 Å². The highest BCUT2D eigenvalue weighted by Gasteiger charge is 2.20. The fraction of sp³-hybridized carbons (Fsp3) is 1.00. The molecule has 116 valence electrons. The van der Waals surface area contributed by atoms with E-state index >= 15 is 0 Å². The van der Waals surface area contributed by atoms with Crippen molar-refractivity contribution >= 4 is 0 Å². The summed E-state index contributed by atoms with van der Waals surface area (Å²) in [6.45, 7) is 4.70. The van der Waals surface area contributed by atoms with Gasteiger partial charge in [-0.05, 0) is 38.6 Å². The van der Waals surface area contributed by atoms with Crippen molar-refractivity contribution in [2.24, 2.45) is 5.92 Å². The zero-order chi connectivity index (χ0) is 14.3. The summed E-state index contributed by atoms with van der Waals surface area (Å²) in [4.78, 5) is 0. The third-order valence-electron chi connectivity index (χ3n) is 4.22. The fourth-order valence-electron chi connectivity index (χ4n) is 2.91. The van der Waals surface area contributed by atoms with Crippen LogP contribution in [0.3, 0.4) is 0 Å². The molecule has 0 bridgehead atoms. The molecular formula is C17H37NO. The molecule has 2 N–H and O–H groups in total. The number of unbranched alkanes of at least 4 members (excludes halogenated alkanes) is 2. The first-order chi connectivity index (χ1) is 9.29. The number of aliphatic hydroxyl groups excluding tert-OH is 1. The minimum Gasteiger partial charge on any atom is -0.396 e. The van der Waals surface area contributed by atoms with Gasteiger partial charge in [-0.3, -0.25) is 0 Å². The average Bonchev–Trinajstić information content (AvgIpc) is 2.40. The molecule has 2 nitrogen and oxygen atoms in total. The lowest BCUT2D eigenvalue weighted by atomic mass is 9.84. The summed E-state index contributed by atoms with van der Waals surface area (Å²) in [7, 11) is 2.14. The van der Waals surface area contributed by atoms with E-state index in [-0.39, 0.29) is 0 Å². The number of aliphatic hydroxyl groups is 1. The van der Waals surface area contributed by atoms with Crippen LogP contribution in [0.5, 0.6) is 0 Å². The molecule has 0 heterocycles. The van der Waals surface area contributed by atoms with Crippen molar-refractivity contribution in [2.45, 2.75) is 90.5 Å². The Balaban J connectivity index is 0.000000555. The van der Waals surface area contributed by atoms with Crippen LogP contribution < -0.4 is 5.32 Å². The zero-order valence-electron chi connectivity index (χ0n) is 13.6. The summed E-state index contributed by atoms with van der Waals surface area (Å²) in [6, 6.07) is 0.807. The van der Waals surface area contributed by atoms with Crippen molar-refractivity contribution in [2.75, 3.05) is 13.7 Å². The van der Waals surface area contributed by atoms with Gasteiger partial charge in [0.25, 0.3) is 0 Å². The average molecular weight is 271 g/mol. The highest BCUT2D eigenvalue weighted by Crippen LogP contribution is 2.26. The van der Waals surface area contributed by atoms with Crippen LogP contribution in [0.15, 0.2) is 0 Å². The van der Waals surface area contributed by atoms with Crippen LogP contribution in [-0.4, -0.2) is 24.8 Å². The number of nitrogens with one attached hydrogen (secondary N) is 1. The topological polar surface area (TPSA) is 32.3 Å². The van der Waals surface area contributed by atoms with E-state index in [1.54, 1.807) is 0 Å². The molecule has 0 amide bonds. The number of hydrogen-bond acceptors (Lipinski definition) is 2. The van der Waals surface area contributed by atoms with Gasteiger partial charge in [-0.2, -0.15) is 0 Å². The maximum Gasteiger partial charge on any atom is 0.0430 e. The van der Waals surface area contributed by atoms with Crippen molar-refractivity contribution in [3.8, 4) is 0 Å². The van der Waals surface area contributed by atoms with E-state index in [1.165, 1.54) is 57.8 Å². The van der Waals surface area contributed by atoms with Gasteiger partial charge in [-0.1, -0.05) is 58.8 Å². The van der Waals surface area contributed by atoms with Gasteiger partial charge in [0.15, 0.2) is 0 Å². The van der Waals surface area contributed by atoms with Crippen molar-refractivity contribution in [3.63, 3.8) is 0 Å². The van der Waals surface area contributed by atoms with E-state index in [1.807, 2.05) is 0 Å². The van der Waals surface area contributed by atoms with Crippen molar-refractivity contribution < 1.29 is 5.11 Å². The maximum absolute atomic E-state index is 8.07. The third-order valence-corrected chi connectivity index (χ3v) is 4.22. The smallest absolute Gasteiger partial charge is 0.0430 e. The van der Waals surface area contributed by atoms with Crippen LogP contribution in [0.1, 0.15) is 84.5 Å². The number of hydrogen-bond donors (Lipinski definition) is 2. The Hall–Kier alpha value is -0.0800. The second-order valence-corrected chi connectivity index (χ2v) is 5.87. The molecule has 19 heavy (non-hydrogen) atoms. The van der Waals surface area contributed by atoms with E-state index in [9.17, 15) is 0 Å². The predicted molar refractivity (Wildman–Crippen MR) is 85.6 cm³/mol. The maximum atomic E-state index is 8.07. The Kier molecular flexibility index (Phi) is 14.3. The number of rotatable bonds is 6. The molecule has 0 aromatic carbocycles. The Morgan fingerprint density at radius 2 is 1.58 bits per heavy atom. The van der Waals surface area contributed by atoms with Crippen molar-refractivity contribution in [1.29, 1.82) is 0 Å². The van der Waals surface area contributed by atoms with E-state index in [4.69, 9.17) is 5.11 Å². The van der Waals surface area contributed by atoms with Crippen molar-refractivity contribution in [1.82, 2.24) is 5.32 Å². The monoisotopic (exact) mass is 271 g/mol. The molecule has 1 aliphatic carbocycles. The highest BCUT2D eigenvalue weighted by molar-refractivity contribution is 4.77. The zero-order valence-corrected chi connectivity index (χ0v) is 13.6. The normalized spacial score (nSPS) is 24.0. The predicted octanol–water partition coefficient (Wildman–Crippen LogP) is 4.51. The second-order valence-electron chi connectivity index (χ2n) is 5.87. The largest absolute Gasteiger partial charge is 0.396 e. The Morgan fingerprint density at radius 1 is 0.947 bits per heavy atom. The summed E-state index contributed by atoms with van der Waals surface area (Å²) in [5.41, 5.74) is 0. The molecule has 0 aromatic rings. The molecule has 1 rings (SSSR count). The Morgan fingerprint density at radius 3 is 2.05 bits per heavy atom. The quantitative estimate of drug-likeness (QED) is 0.745. The van der Waals surface area contributed by atoms with Crippen LogP contribution in [0.2, 0.25) is 0 Å². The van der Waals surface area contributed by atoms with E-state index in [0.717, 1.165) is 24.8 Å². The lowest BCUT2D eigenvalue weighted by molar-refractivity contribution is 0.276. The van der Waals surface area contributed by atoms with Crippen LogP contribution in [0, 0.1) is 5.92 Å². The van der Waals surface area contributed by atoms with Gasteiger partial charge in [0, 0.05) is 12.6 Å². The SMILES string of the molecule is CCCCC1CCCCCCC1NC.CCCCO. The molecule has 0 spiro atoms. The Labute approximate surface area is 121 Å². The van der Waals surface area contributed by atoms with Gasteiger partial charge in [0.1, 0.15) is 0 Å². The summed E-state index contributed by atoms with van der Waals surface area (Å²) >= 11 is 0. The molecule has 2 heteroatoms. The minimum atomic E-state index is 0.344. The first kappa shape index (κ1) is 18.9. The standard InChI is InChI=1S/C13H27N.C4H10O/c1-3-4-9-12-10-7-5-6-8-11-13(12)14-2;1-2-3-4-5/h12-14H,3-11H2,1-2H3;5H,2-4H2,1H3.